The number of methoxy groups -OCH3 is 2. The Morgan fingerprint density at radius 2 is 1.85 bits per heavy atom. The first-order chi connectivity index (χ1) is 13.0. The van der Waals surface area contributed by atoms with E-state index in [1.54, 1.807) is 49.6 Å². The highest BCUT2D eigenvalue weighted by atomic mass is 32.2. The summed E-state index contributed by atoms with van der Waals surface area (Å²) in [6, 6.07) is 13.9. The lowest BCUT2D eigenvalue weighted by molar-refractivity contribution is -0.123. The van der Waals surface area contributed by atoms with E-state index in [1.165, 1.54) is 7.11 Å². The maximum atomic E-state index is 12.6. The molecule has 1 heterocycles. The van der Waals surface area contributed by atoms with E-state index in [1.807, 2.05) is 12.1 Å². The zero-order valence-electron chi connectivity index (χ0n) is 14.8. The molecule has 7 heteroatoms. The fourth-order valence-corrected chi connectivity index (χ4v) is 3.42. The third kappa shape index (κ3) is 4.20. The van der Waals surface area contributed by atoms with Gasteiger partial charge in [0.15, 0.2) is 0 Å². The maximum Gasteiger partial charge on any atom is 0.337 e. The molecule has 2 aromatic rings. The summed E-state index contributed by atoms with van der Waals surface area (Å²) in [6.45, 7) is 0.0927. The number of carbonyl (C=O) groups excluding carboxylic acids is 3. The van der Waals surface area contributed by atoms with E-state index in [9.17, 15) is 14.4 Å². The molecule has 1 saturated heterocycles. The summed E-state index contributed by atoms with van der Waals surface area (Å²) in [5.74, 6) is -0.111. The number of hydrogen-bond acceptors (Lipinski definition) is 6. The van der Waals surface area contributed by atoms with E-state index in [-0.39, 0.29) is 17.7 Å². The van der Waals surface area contributed by atoms with Gasteiger partial charge in [-0.05, 0) is 53.2 Å². The van der Waals surface area contributed by atoms with Crippen LogP contribution in [0.25, 0.3) is 6.08 Å². The Hall–Kier alpha value is -3.06. The van der Waals surface area contributed by atoms with E-state index in [0.29, 0.717) is 21.8 Å². The molecule has 0 bridgehead atoms. The van der Waals surface area contributed by atoms with Crippen LogP contribution in [0, 0.1) is 0 Å². The third-order valence-electron chi connectivity index (χ3n) is 3.98. The van der Waals surface area contributed by atoms with Gasteiger partial charge < -0.3 is 9.47 Å². The molecule has 1 aliphatic heterocycles. The van der Waals surface area contributed by atoms with Gasteiger partial charge in [0.05, 0.1) is 31.2 Å². The number of esters is 1. The number of benzene rings is 2. The number of nitrogens with zero attached hydrogens (tertiary/aromatic N) is 1. The van der Waals surface area contributed by atoms with Gasteiger partial charge in [-0.25, -0.2) is 4.79 Å². The maximum absolute atomic E-state index is 12.6. The van der Waals surface area contributed by atoms with Crippen molar-refractivity contribution >= 4 is 35.0 Å². The molecule has 3 rings (SSSR count). The van der Waals surface area contributed by atoms with E-state index in [0.717, 1.165) is 22.2 Å². The van der Waals surface area contributed by atoms with Crippen molar-refractivity contribution in [1.29, 1.82) is 0 Å². The average Bonchev–Trinajstić information content (AvgIpc) is 2.95. The van der Waals surface area contributed by atoms with Crippen molar-refractivity contribution in [3.63, 3.8) is 0 Å². The average molecular weight is 383 g/mol. The van der Waals surface area contributed by atoms with Crippen LogP contribution < -0.4 is 4.74 Å². The van der Waals surface area contributed by atoms with Crippen molar-refractivity contribution in [2.24, 2.45) is 0 Å². The van der Waals surface area contributed by atoms with Crippen molar-refractivity contribution in [3.8, 4) is 5.75 Å². The minimum Gasteiger partial charge on any atom is -0.497 e. The molecule has 0 atom stereocenters. The van der Waals surface area contributed by atoms with Crippen LogP contribution in [0.3, 0.4) is 0 Å². The Kier molecular flexibility index (Phi) is 5.61. The highest BCUT2D eigenvalue weighted by Gasteiger charge is 2.35. The first-order valence-corrected chi connectivity index (χ1v) is 8.90. The van der Waals surface area contributed by atoms with Crippen molar-refractivity contribution in [2.45, 2.75) is 6.54 Å². The van der Waals surface area contributed by atoms with Gasteiger partial charge in [-0.15, -0.1) is 0 Å². The normalized spacial score (nSPS) is 15.3. The number of amides is 2. The van der Waals surface area contributed by atoms with Crippen LogP contribution in [-0.4, -0.2) is 36.2 Å². The summed E-state index contributed by atoms with van der Waals surface area (Å²) in [6.07, 6.45) is 1.68. The summed E-state index contributed by atoms with van der Waals surface area (Å²) in [5.41, 5.74) is 1.84. The molecule has 138 valence electrons. The minimum absolute atomic E-state index is 0.0927. The van der Waals surface area contributed by atoms with Crippen LogP contribution in [0.2, 0.25) is 0 Å². The van der Waals surface area contributed by atoms with Crippen LogP contribution in [0.1, 0.15) is 21.5 Å². The van der Waals surface area contributed by atoms with Gasteiger partial charge in [-0.2, -0.15) is 0 Å². The fraction of sp³-hybridized carbons (Fsp3) is 0.150. The predicted octanol–water partition coefficient (Wildman–Crippen LogP) is 3.72. The Labute approximate surface area is 160 Å². The fourth-order valence-electron chi connectivity index (χ4n) is 2.58. The lowest BCUT2D eigenvalue weighted by atomic mass is 10.1. The first-order valence-electron chi connectivity index (χ1n) is 8.08. The smallest absolute Gasteiger partial charge is 0.337 e. The summed E-state index contributed by atoms with van der Waals surface area (Å²) in [5, 5.41) is -0.344. The van der Waals surface area contributed by atoms with E-state index in [4.69, 9.17) is 9.47 Å². The molecule has 27 heavy (non-hydrogen) atoms. The molecule has 0 aliphatic carbocycles. The van der Waals surface area contributed by atoms with E-state index < -0.39 is 5.97 Å². The van der Waals surface area contributed by atoms with Gasteiger partial charge in [-0.3, -0.25) is 14.5 Å². The zero-order chi connectivity index (χ0) is 19.4. The standard InChI is InChI=1S/C20H17NO5S/c1-25-16-8-6-13(7-9-16)11-17-18(22)21(20(24)27-17)12-14-4-3-5-15(10-14)19(23)26-2/h3-11H,12H2,1-2H3/b17-11-. The molecule has 0 N–H and O–H groups in total. The summed E-state index contributed by atoms with van der Waals surface area (Å²) in [4.78, 5) is 38.1. The number of hydrogen-bond donors (Lipinski definition) is 0. The largest absolute Gasteiger partial charge is 0.497 e. The summed E-state index contributed by atoms with van der Waals surface area (Å²) in [7, 11) is 2.88. The van der Waals surface area contributed by atoms with E-state index >= 15 is 0 Å². The highest BCUT2D eigenvalue weighted by Crippen LogP contribution is 2.33. The van der Waals surface area contributed by atoms with Gasteiger partial charge >= 0.3 is 5.97 Å². The molecule has 0 spiro atoms. The molecule has 0 radical (unpaired) electrons. The molecule has 0 unspecified atom stereocenters. The number of rotatable bonds is 5. The van der Waals surface area contributed by atoms with Crippen LogP contribution in [0.15, 0.2) is 53.4 Å². The van der Waals surface area contributed by atoms with Gasteiger partial charge in [0, 0.05) is 0 Å². The second kappa shape index (κ2) is 8.09. The Morgan fingerprint density at radius 1 is 1.11 bits per heavy atom. The van der Waals surface area contributed by atoms with Crippen LogP contribution in [-0.2, 0) is 16.1 Å². The predicted molar refractivity (Wildman–Crippen MR) is 102 cm³/mol. The SMILES string of the molecule is COC(=O)c1cccc(CN2C(=O)S/C(=C\c3ccc(OC)cc3)C2=O)c1. The first kappa shape index (κ1) is 18.7. The number of carbonyl (C=O) groups is 3. The van der Waals surface area contributed by atoms with Crippen molar-refractivity contribution in [1.82, 2.24) is 4.90 Å². The second-order valence-corrected chi connectivity index (χ2v) is 6.73. The molecular weight excluding hydrogens is 366 g/mol. The highest BCUT2D eigenvalue weighted by molar-refractivity contribution is 8.18. The zero-order valence-corrected chi connectivity index (χ0v) is 15.6. The molecule has 1 fully saturated rings. The molecule has 2 amide bonds. The summed E-state index contributed by atoms with van der Waals surface area (Å²) < 4.78 is 9.80. The van der Waals surface area contributed by atoms with Gasteiger partial charge in [0.2, 0.25) is 0 Å². The van der Waals surface area contributed by atoms with Crippen molar-refractivity contribution in [2.75, 3.05) is 14.2 Å². The van der Waals surface area contributed by atoms with E-state index in [2.05, 4.69) is 0 Å². The third-order valence-corrected chi connectivity index (χ3v) is 4.88. The van der Waals surface area contributed by atoms with Crippen molar-refractivity contribution < 1.29 is 23.9 Å². The molecule has 0 aromatic heterocycles. The van der Waals surface area contributed by atoms with Crippen LogP contribution in [0.4, 0.5) is 4.79 Å². The molecular formula is C20H17NO5S. The summed E-state index contributed by atoms with van der Waals surface area (Å²) >= 11 is 0.896. The lowest BCUT2D eigenvalue weighted by Crippen LogP contribution is -2.27. The molecule has 6 nitrogen and oxygen atoms in total. The lowest BCUT2D eigenvalue weighted by Gasteiger charge is -2.13. The monoisotopic (exact) mass is 383 g/mol. The van der Waals surface area contributed by atoms with Gasteiger partial charge in [0.25, 0.3) is 11.1 Å². The topological polar surface area (TPSA) is 72.9 Å². The molecule has 1 aliphatic rings. The minimum atomic E-state index is -0.467. The number of thioether (sulfide) groups is 1. The van der Waals surface area contributed by atoms with Gasteiger partial charge in [-0.1, -0.05) is 24.3 Å². The quantitative estimate of drug-likeness (QED) is 0.579. The van der Waals surface area contributed by atoms with Crippen LogP contribution >= 0.6 is 11.8 Å². The number of ether oxygens (including phenoxy) is 2. The van der Waals surface area contributed by atoms with Gasteiger partial charge in [0.1, 0.15) is 5.75 Å². The van der Waals surface area contributed by atoms with Crippen LogP contribution in [0.5, 0.6) is 5.75 Å². The Morgan fingerprint density at radius 3 is 2.52 bits per heavy atom. The number of imide groups is 1. The Bertz CT molecular complexity index is 920. The molecule has 2 aromatic carbocycles. The Balaban J connectivity index is 1.78. The van der Waals surface area contributed by atoms with Crippen molar-refractivity contribution in [3.05, 3.63) is 70.1 Å². The second-order valence-electron chi connectivity index (χ2n) is 5.73. The molecule has 0 saturated carbocycles.